The number of nitrogens with zero attached hydrogens (tertiary/aromatic N) is 2. The molecule has 1 fully saturated rings. The van der Waals surface area contributed by atoms with Crippen molar-refractivity contribution in [2.45, 2.75) is 31.3 Å². The molecule has 98 valence electrons. The first-order chi connectivity index (χ1) is 7.83. The van der Waals surface area contributed by atoms with Crippen LogP contribution in [0.3, 0.4) is 0 Å². The molecule has 1 heterocycles. The van der Waals surface area contributed by atoms with Crippen molar-refractivity contribution in [2.24, 2.45) is 0 Å². The van der Waals surface area contributed by atoms with E-state index in [1.807, 2.05) is 25.7 Å². The quantitative estimate of drug-likeness (QED) is 0.440. The molecule has 0 spiro atoms. The van der Waals surface area contributed by atoms with Gasteiger partial charge in [0, 0.05) is 26.2 Å². The van der Waals surface area contributed by atoms with E-state index in [0.717, 1.165) is 6.29 Å². The topological polar surface area (TPSA) is 49.9 Å². The monoisotopic (exact) mass is 306 g/mol. The second-order valence-corrected chi connectivity index (χ2v) is 5.95. The summed E-state index contributed by atoms with van der Waals surface area (Å²) in [6, 6.07) is 0. The number of rotatable bonds is 2. The van der Waals surface area contributed by atoms with Gasteiger partial charge in [-0.2, -0.15) is 0 Å². The smallest absolute Gasteiger partial charge is 0.410 e. The predicted octanol–water partition coefficient (Wildman–Crippen LogP) is 1.46. The number of hydrogen-bond acceptors (Lipinski definition) is 4. The largest absolute Gasteiger partial charge is 0.444 e. The molecular formula is C11H19BrN2O3. The first-order valence-electron chi connectivity index (χ1n) is 5.65. The highest BCUT2D eigenvalue weighted by Crippen LogP contribution is 2.13. The molecule has 1 atom stereocenters. The number of ether oxygens (including phenoxy) is 1. The molecule has 6 heteroatoms. The third-order valence-electron chi connectivity index (χ3n) is 2.43. The van der Waals surface area contributed by atoms with Crippen LogP contribution in [0.2, 0.25) is 0 Å². The SMILES string of the molecule is CC(C)(C)OC(=O)N1CCN(C(Br)C=O)CC1. The molecule has 0 aromatic heterocycles. The fourth-order valence-electron chi connectivity index (χ4n) is 1.56. The summed E-state index contributed by atoms with van der Waals surface area (Å²) < 4.78 is 5.29. The van der Waals surface area contributed by atoms with Gasteiger partial charge in [-0.15, -0.1) is 0 Å². The minimum atomic E-state index is -0.463. The first-order valence-corrected chi connectivity index (χ1v) is 6.56. The summed E-state index contributed by atoms with van der Waals surface area (Å²) in [6.45, 7) is 8.07. The standard InChI is InChI=1S/C11H19BrN2O3/c1-11(2,3)17-10(16)14-6-4-13(5-7-14)9(12)8-15/h8-9H,4-7H2,1-3H3. The van der Waals surface area contributed by atoms with Crippen LogP contribution in [-0.4, -0.2) is 58.9 Å². The minimum absolute atomic E-state index is 0.261. The lowest BCUT2D eigenvalue weighted by molar-refractivity contribution is -0.110. The van der Waals surface area contributed by atoms with Crippen LogP contribution in [0.4, 0.5) is 4.79 Å². The molecule has 1 amide bonds. The van der Waals surface area contributed by atoms with Gasteiger partial charge in [0.15, 0.2) is 0 Å². The molecule has 0 radical (unpaired) electrons. The minimum Gasteiger partial charge on any atom is -0.444 e. The van der Waals surface area contributed by atoms with E-state index in [0.29, 0.717) is 26.2 Å². The fourth-order valence-corrected chi connectivity index (χ4v) is 1.97. The van der Waals surface area contributed by atoms with Gasteiger partial charge in [0.1, 0.15) is 16.8 Å². The zero-order chi connectivity index (χ0) is 13.1. The molecule has 1 aliphatic heterocycles. The van der Waals surface area contributed by atoms with Crippen molar-refractivity contribution in [1.82, 2.24) is 9.80 Å². The molecule has 1 saturated heterocycles. The Balaban J connectivity index is 2.41. The van der Waals surface area contributed by atoms with Gasteiger partial charge in [-0.3, -0.25) is 4.90 Å². The second kappa shape index (κ2) is 5.82. The Bertz CT molecular complexity index is 283. The molecule has 0 saturated carbocycles. The van der Waals surface area contributed by atoms with Gasteiger partial charge < -0.3 is 14.4 Å². The van der Waals surface area contributed by atoms with Crippen LogP contribution in [0, 0.1) is 0 Å². The van der Waals surface area contributed by atoms with Gasteiger partial charge in [0.25, 0.3) is 0 Å². The Hall–Kier alpha value is -0.620. The molecular weight excluding hydrogens is 288 g/mol. The van der Waals surface area contributed by atoms with E-state index >= 15 is 0 Å². The van der Waals surface area contributed by atoms with E-state index in [2.05, 4.69) is 15.9 Å². The van der Waals surface area contributed by atoms with Gasteiger partial charge in [0.2, 0.25) is 0 Å². The van der Waals surface area contributed by atoms with Crippen molar-refractivity contribution in [3.63, 3.8) is 0 Å². The van der Waals surface area contributed by atoms with Gasteiger partial charge in [0.05, 0.1) is 0 Å². The lowest BCUT2D eigenvalue weighted by atomic mass is 10.2. The molecule has 1 aliphatic rings. The van der Waals surface area contributed by atoms with Crippen molar-refractivity contribution in [3.05, 3.63) is 0 Å². The maximum absolute atomic E-state index is 11.8. The van der Waals surface area contributed by atoms with Crippen LogP contribution < -0.4 is 0 Å². The molecule has 5 nitrogen and oxygen atoms in total. The third-order valence-corrected chi connectivity index (χ3v) is 3.22. The number of amides is 1. The van der Waals surface area contributed by atoms with Crippen LogP contribution in [0.1, 0.15) is 20.8 Å². The summed E-state index contributed by atoms with van der Waals surface area (Å²) in [5.41, 5.74) is -0.463. The highest BCUT2D eigenvalue weighted by Gasteiger charge is 2.27. The Morgan fingerprint density at radius 1 is 1.29 bits per heavy atom. The number of carbonyl (C=O) groups is 2. The Morgan fingerprint density at radius 3 is 2.24 bits per heavy atom. The Labute approximate surface area is 110 Å². The number of alkyl halides is 1. The van der Waals surface area contributed by atoms with Crippen molar-refractivity contribution in [1.29, 1.82) is 0 Å². The average Bonchev–Trinajstić information content (AvgIpc) is 2.26. The van der Waals surface area contributed by atoms with Crippen molar-refractivity contribution in [2.75, 3.05) is 26.2 Å². The van der Waals surface area contributed by atoms with Crippen LogP contribution in [0.15, 0.2) is 0 Å². The third kappa shape index (κ3) is 4.63. The van der Waals surface area contributed by atoms with Crippen molar-refractivity contribution >= 4 is 28.3 Å². The number of halogens is 1. The zero-order valence-electron chi connectivity index (χ0n) is 10.5. The van der Waals surface area contributed by atoms with Crippen LogP contribution in [0.25, 0.3) is 0 Å². The van der Waals surface area contributed by atoms with Gasteiger partial charge in [-0.05, 0) is 20.8 Å². The van der Waals surface area contributed by atoms with Gasteiger partial charge in [-0.1, -0.05) is 15.9 Å². The molecule has 0 aliphatic carbocycles. The maximum Gasteiger partial charge on any atom is 0.410 e. The molecule has 0 N–H and O–H groups in total. The van der Waals surface area contributed by atoms with Crippen LogP contribution >= 0.6 is 15.9 Å². The fraction of sp³-hybridized carbons (Fsp3) is 0.818. The summed E-state index contributed by atoms with van der Waals surface area (Å²) in [5, 5.41) is 0. The lowest BCUT2D eigenvalue weighted by Crippen LogP contribution is -2.52. The highest BCUT2D eigenvalue weighted by atomic mass is 79.9. The summed E-state index contributed by atoms with van der Waals surface area (Å²) in [5.74, 6) is 0. The number of piperazine rings is 1. The number of hydrogen-bond donors (Lipinski definition) is 0. The van der Waals surface area contributed by atoms with E-state index in [1.165, 1.54) is 0 Å². The zero-order valence-corrected chi connectivity index (χ0v) is 12.1. The lowest BCUT2D eigenvalue weighted by Gasteiger charge is -2.36. The van der Waals surface area contributed by atoms with E-state index in [9.17, 15) is 9.59 Å². The molecule has 1 unspecified atom stereocenters. The Kier molecular flexibility index (Phi) is 4.94. The van der Waals surface area contributed by atoms with E-state index in [4.69, 9.17) is 4.74 Å². The van der Waals surface area contributed by atoms with Gasteiger partial charge in [-0.25, -0.2) is 4.79 Å². The highest BCUT2D eigenvalue weighted by molar-refractivity contribution is 9.09. The Morgan fingerprint density at radius 2 is 1.82 bits per heavy atom. The van der Waals surface area contributed by atoms with E-state index in [-0.39, 0.29) is 11.0 Å². The van der Waals surface area contributed by atoms with Crippen LogP contribution in [-0.2, 0) is 9.53 Å². The average molecular weight is 307 g/mol. The summed E-state index contributed by atoms with van der Waals surface area (Å²) in [7, 11) is 0. The summed E-state index contributed by atoms with van der Waals surface area (Å²) >= 11 is 3.27. The molecule has 0 aromatic carbocycles. The molecule has 17 heavy (non-hydrogen) atoms. The first kappa shape index (κ1) is 14.4. The normalized spacial score (nSPS) is 19.9. The van der Waals surface area contributed by atoms with E-state index in [1.54, 1.807) is 4.90 Å². The predicted molar refractivity (Wildman–Crippen MR) is 68.2 cm³/mol. The molecule has 1 rings (SSSR count). The van der Waals surface area contributed by atoms with Crippen LogP contribution in [0.5, 0.6) is 0 Å². The molecule has 0 aromatic rings. The van der Waals surface area contributed by atoms with Crippen molar-refractivity contribution in [3.8, 4) is 0 Å². The second-order valence-electron chi connectivity index (χ2n) is 5.01. The maximum atomic E-state index is 11.8. The molecule has 0 bridgehead atoms. The van der Waals surface area contributed by atoms with E-state index < -0.39 is 5.60 Å². The summed E-state index contributed by atoms with van der Waals surface area (Å²) in [4.78, 5) is 25.8. The number of aldehydes is 1. The van der Waals surface area contributed by atoms with Gasteiger partial charge >= 0.3 is 6.09 Å². The van der Waals surface area contributed by atoms with Crippen molar-refractivity contribution < 1.29 is 14.3 Å². The summed E-state index contributed by atoms with van der Waals surface area (Å²) in [6.07, 6.45) is 0.567. The number of carbonyl (C=O) groups excluding carboxylic acids is 2.